The first kappa shape index (κ1) is 14.8. The average Bonchev–Trinajstić information content (AvgIpc) is 2.47. The van der Waals surface area contributed by atoms with Crippen molar-refractivity contribution in [3.8, 4) is 0 Å². The van der Waals surface area contributed by atoms with E-state index in [9.17, 15) is 9.59 Å². The molecule has 0 saturated carbocycles. The van der Waals surface area contributed by atoms with E-state index in [1.165, 1.54) is 10.1 Å². The summed E-state index contributed by atoms with van der Waals surface area (Å²) >= 11 is 0. The van der Waals surface area contributed by atoms with E-state index in [0.29, 0.717) is 17.9 Å². The average molecular weight is 286 g/mol. The molecule has 1 aromatic carbocycles. The van der Waals surface area contributed by atoms with Crippen molar-refractivity contribution in [1.29, 1.82) is 0 Å². The lowest BCUT2D eigenvalue weighted by Gasteiger charge is -2.11. The summed E-state index contributed by atoms with van der Waals surface area (Å²) in [6.45, 7) is 2.02. The van der Waals surface area contributed by atoms with Crippen LogP contribution in [-0.2, 0) is 17.8 Å². The summed E-state index contributed by atoms with van der Waals surface area (Å²) in [4.78, 5) is 23.0. The van der Waals surface area contributed by atoms with Gasteiger partial charge in [0, 0.05) is 12.2 Å². The van der Waals surface area contributed by atoms with Crippen LogP contribution in [0.1, 0.15) is 11.3 Å². The number of hydrogen-bond donors (Lipinski definition) is 2. The van der Waals surface area contributed by atoms with Crippen molar-refractivity contribution in [1.82, 2.24) is 4.57 Å². The molecule has 1 heterocycles. The maximum Gasteiger partial charge on any atom is 0.323 e. The Labute approximate surface area is 122 Å². The van der Waals surface area contributed by atoms with Crippen LogP contribution in [0, 0.1) is 6.92 Å². The van der Waals surface area contributed by atoms with E-state index in [1.807, 2.05) is 30.3 Å². The third-order valence-corrected chi connectivity index (χ3v) is 3.26. The fourth-order valence-corrected chi connectivity index (χ4v) is 2.12. The molecule has 2 rings (SSSR count). The lowest BCUT2D eigenvalue weighted by molar-refractivity contribution is -0.137. The summed E-state index contributed by atoms with van der Waals surface area (Å²) in [5, 5.41) is 11.9. The molecule has 0 spiro atoms. The Kier molecular flexibility index (Phi) is 4.77. The molecular formula is C16H18N2O3. The number of aliphatic carboxylic acids is 1. The second-order valence-corrected chi connectivity index (χ2v) is 4.84. The van der Waals surface area contributed by atoms with Crippen molar-refractivity contribution in [2.75, 3.05) is 11.9 Å². The maximum absolute atomic E-state index is 12.2. The highest BCUT2D eigenvalue weighted by molar-refractivity contribution is 5.66. The third-order valence-electron chi connectivity index (χ3n) is 3.26. The number of pyridine rings is 1. The Morgan fingerprint density at radius 3 is 2.57 bits per heavy atom. The minimum absolute atomic E-state index is 0.300. The van der Waals surface area contributed by atoms with Crippen molar-refractivity contribution >= 4 is 11.7 Å². The lowest BCUT2D eigenvalue weighted by Crippen LogP contribution is -2.28. The molecule has 0 radical (unpaired) electrons. The zero-order valence-electron chi connectivity index (χ0n) is 11.9. The zero-order chi connectivity index (χ0) is 15.2. The van der Waals surface area contributed by atoms with Gasteiger partial charge in [0.1, 0.15) is 12.2 Å². The normalized spacial score (nSPS) is 10.3. The number of anilines is 1. The monoisotopic (exact) mass is 286 g/mol. The van der Waals surface area contributed by atoms with Gasteiger partial charge in [-0.25, -0.2) is 0 Å². The van der Waals surface area contributed by atoms with Crippen LogP contribution >= 0.6 is 0 Å². The fraction of sp³-hybridized carbons (Fsp3) is 0.250. The fourth-order valence-electron chi connectivity index (χ4n) is 2.12. The van der Waals surface area contributed by atoms with Gasteiger partial charge in [0.15, 0.2) is 0 Å². The van der Waals surface area contributed by atoms with Crippen LogP contribution in [0.25, 0.3) is 0 Å². The van der Waals surface area contributed by atoms with E-state index in [4.69, 9.17) is 5.11 Å². The van der Waals surface area contributed by atoms with E-state index in [1.54, 1.807) is 19.1 Å². The molecule has 0 unspecified atom stereocenters. The van der Waals surface area contributed by atoms with Crippen LogP contribution in [0.15, 0.2) is 47.3 Å². The molecule has 2 N–H and O–H groups in total. The van der Waals surface area contributed by atoms with E-state index >= 15 is 0 Å². The minimum atomic E-state index is -1.03. The second-order valence-electron chi connectivity index (χ2n) is 4.84. The number of benzene rings is 1. The van der Waals surface area contributed by atoms with E-state index in [0.717, 1.165) is 6.42 Å². The molecule has 1 aromatic heterocycles. The van der Waals surface area contributed by atoms with Crippen molar-refractivity contribution < 1.29 is 9.90 Å². The van der Waals surface area contributed by atoms with E-state index in [-0.39, 0.29) is 12.1 Å². The molecule has 0 bridgehead atoms. The largest absolute Gasteiger partial charge is 0.480 e. The van der Waals surface area contributed by atoms with Crippen molar-refractivity contribution in [3.63, 3.8) is 0 Å². The summed E-state index contributed by atoms with van der Waals surface area (Å²) in [6.07, 6.45) is 0.799. The summed E-state index contributed by atoms with van der Waals surface area (Å²) in [6, 6.07) is 13.4. The third kappa shape index (κ3) is 3.95. The van der Waals surface area contributed by atoms with Gasteiger partial charge in [-0.15, -0.1) is 0 Å². The SMILES string of the molecule is Cc1ccc(NCCc2ccccc2)c(=O)n1CC(=O)O. The first-order valence-electron chi connectivity index (χ1n) is 6.78. The summed E-state index contributed by atoms with van der Waals surface area (Å²) in [7, 11) is 0. The van der Waals surface area contributed by atoms with Crippen molar-refractivity contribution in [2.45, 2.75) is 19.9 Å². The van der Waals surface area contributed by atoms with Crippen molar-refractivity contribution in [2.24, 2.45) is 0 Å². The van der Waals surface area contributed by atoms with Crippen LogP contribution in [0.3, 0.4) is 0 Å². The molecule has 0 atom stereocenters. The number of nitrogens with zero attached hydrogens (tertiary/aromatic N) is 1. The van der Waals surface area contributed by atoms with Gasteiger partial charge >= 0.3 is 5.97 Å². The van der Waals surface area contributed by atoms with Gasteiger partial charge in [-0.3, -0.25) is 14.2 Å². The van der Waals surface area contributed by atoms with Crippen LogP contribution in [-0.4, -0.2) is 22.2 Å². The minimum Gasteiger partial charge on any atom is -0.480 e. The topological polar surface area (TPSA) is 71.3 Å². The summed E-state index contributed by atoms with van der Waals surface area (Å²) in [5.41, 5.74) is 1.95. The van der Waals surface area contributed by atoms with E-state index < -0.39 is 5.97 Å². The maximum atomic E-state index is 12.2. The molecule has 0 aliphatic rings. The van der Waals surface area contributed by atoms with Crippen LogP contribution in [0.4, 0.5) is 5.69 Å². The molecule has 0 aliphatic heterocycles. The van der Waals surface area contributed by atoms with Crippen LogP contribution < -0.4 is 10.9 Å². The molecule has 21 heavy (non-hydrogen) atoms. The number of carboxylic acid groups (broad SMARTS) is 1. The molecule has 5 nitrogen and oxygen atoms in total. The van der Waals surface area contributed by atoms with Crippen LogP contribution in [0.5, 0.6) is 0 Å². The van der Waals surface area contributed by atoms with Gasteiger partial charge in [0.05, 0.1) is 0 Å². The molecule has 5 heteroatoms. The summed E-state index contributed by atoms with van der Waals surface area (Å²) < 4.78 is 1.26. The van der Waals surface area contributed by atoms with Gasteiger partial charge in [0.25, 0.3) is 5.56 Å². The molecule has 0 aliphatic carbocycles. The number of aromatic nitrogens is 1. The molecule has 110 valence electrons. The Morgan fingerprint density at radius 1 is 1.19 bits per heavy atom. The highest BCUT2D eigenvalue weighted by Crippen LogP contribution is 2.05. The van der Waals surface area contributed by atoms with Gasteiger partial charge in [-0.2, -0.15) is 0 Å². The Bertz CT molecular complexity index is 678. The Morgan fingerprint density at radius 2 is 1.90 bits per heavy atom. The van der Waals surface area contributed by atoms with Crippen molar-refractivity contribution in [3.05, 3.63) is 64.1 Å². The van der Waals surface area contributed by atoms with Crippen LogP contribution in [0.2, 0.25) is 0 Å². The van der Waals surface area contributed by atoms with Gasteiger partial charge in [-0.1, -0.05) is 30.3 Å². The number of nitrogens with one attached hydrogen (secondary N) is 1. The standard InChI is InChI=1S/C16H18N2O3/c1-12-7-8-14(16(21)18(12)11-15(19)20)17-10-9-13-5-3-2-4-6-13/h2-8,17H,9-11H2,1H3,(H,19,20). The number of carboxylic acids is 1. The molecular weight excluding hydrogens is 268 g/mol. The van der Waals surface area contributed by atoms with E-state index in [2.05, 4.69) is 5.32 Å². The Balaban J connectivity index is 2.07. The Hall–Kier alpha value is -2.56. The second kappa shape index (κ2) is 6.74. The first-order valence-corrected chi connectivity index (χ1v) is 6.78. The number of hydrogen-bond acceptors (Lipinski definition) is 3. The molecule has 2 aromatic rings. The molecule has 0 fully saturated rings. The smallest absolute Gasteiger partial charge is 0.323 e. The van der Waals surface area contributed by atoms with Gasteiger partial charge < -0.3 is 10.4 Å². The number of rotatable bonds is 6. The van der Waals surface area contributed by atoms with Gasteiger partial charge in [0.2, 0.25) is 0 Å². The zero-order valence-corrected chi connectivity index (χ0v) is 11.9. The number of carbonyl (C=O) groups is 1. The highest BCUT2D eigenvalue weighted by Gasteiger charge is 2.08. The lowest BCUT2D eigenvalue weighted by atomic mass is 10.1. The quantitative estimate of drug-likeness (QED) is 0.850. The van der Waals surface area contributed by atoms with Gasteiger partial charge in [-0.05, 0) is 31.0 Å². The number of aryl methyl sites for hydroxylation is 1. The summed E-state index contributed by atoms with van der Waals surface area (Å²) in [5.74, 6) is -1.03. The highest BCUT2D eigenvalue weighted by atomic mass is 16.4. The predicted molar refractivity (Wildman–Crippen MR) is 81.7 cm³/mol. The molecule has 0 saturated heterocycles. The molecule has 0 amide bonds. The first-order chi connectivity index (χ1) is 10.1. The predicted octanol–water partition coefficient (Wildman–Crippen LogP) is 1.90.